The lowest BCUT2D eigenvalue weighted by Crippen LogP contribution is -2.15. The highest BCUT2D eigenvalue weighted by Gasteiger charge is 2.10. The van der Waals surface area contributed by atoms with Crippen molar-refractivity contribution in [3.8, 4) is 11.1 Å². The first-order chi connectivity index (χ1) is 11.2. The summed E-state index contributed by atoms with van der Waals surface area (Å²) in [5.74, 6) is -0.0524. The van der Waals surface area contributed by atoms with Gasteiger partial charge in [0, 0.05) is 31.8 Å². The van der Waals surface area contributed by atoms with Gasteiger partial charge < -0.3 is 11.1 Å². The van der Waals surface area contributed by atoms with Gasteiger partial charge in [-0.05, 0) is 23.6 Å². The number of nitrogens with one attached hydrogen (secondary N) is 1. The molecule has 2 rings (SSSR count). The molecule has 1 aromatic heterocycles. The highest BCUT2D eigenvalue weighted by atomic mass is 16.1. The van der Waals surface area contributed by atoms with Gasteiger partial charge in [-0.2, -0.15) is 0 Å². The fourth-order valence-corrected chi connectivity index (χ4v) is 2.22. The smallest absolute Gasteiger partial charge is 0.180 e. The summed E-state index contributed by atoms with van der Waals surface area (Å²) in [4.78, 5) is 16.0. The fraction of sp³-hybridized carbons (Fsp3) is 0.368. The van der Waals surface area contributed by atoms with Crippen molar-refractivity contribution in [3.05, 3.63) is 47.8 Å². The van der Waals surface area contributed by atoms with Gasteiger partial charge in [0.05, 0.1) is 5.69 Å². The van der Waals surface area contributed by atoms with Gasteiger partial charge in [-0.1, -0.05) is 45.0 Å². The van der Waals surface area contributed by atoms with Gasteiger partial charge >= 0.3 is 0 Å². The molecular formula is C19H27N3O. The highest BCUT2D eigenvalue weighted by molar-refractivity contribution is 5.98. The fourth-order valence-electron chi connectivity index (χ4n) is 2.22. The summed E-state index contributed by atoms with van der Waals surface area (Å²) in [6.07, 6.45) is 2.74. The molecule has 0 aliphatic rings. The second kappa shape index (κ2) is 9.74. The van der Waals surface area contributed by atoms with Crippen molar-refractivity contribution >= 4 is 11.5 Å². The minimum atomic E-state index is -0.0524. The Bertz CT molecular complexity index is 638. The average Bonchev–Trinajstić information content (AvgIpc) is 2.61. The lowest BCUT2D eigenvalue weighted by Gasteiger charge is -2.11. The van der Waals surface area contributed by atoms with Gasteiger partial charge in [0.1, 0.15) is 5.69 Å². The van der Waals surface area contributed by atoms with Crippen LogP contribution in [0.3, 0.4) is 0 Å². The molecule has 3 N–H and O–H groups in total. The molecule has 0 spiro atoms. The quantitative estimate of drug-likeness (QED) is 0.793. The predicted molar refractivity (Wildman–Crippen MR) is 97.9 cm³/mol. The van der Waals surface area contributed by atoms with Crippen LogP contribution in [-0.4, -0.2) is 23.9 Å². The monoisotopic (exact) mass is 313 g/mol. The molecule has 0 saturated heterocycles. The molecule has 0 saturated carbocycles. The number of anilines is 1. The number of benzene rings is 1. The Labute approximate surface area is 139 Å². The molecule has 0 bridgehead atoms. The number of carbonyl (C=O) groups is 1. The van der Waals surface area contributed by atoms with E-state index in [0.29, 0.717) is 18.8 Å². The van der Waals surface area contributed by atoms with E-state index >= 15 is 0 Å². The van der Waals surface area contributed by atoms with Crippen molar-refractivity contribution in [1.29, 1.82) is 0 Å². The largest absolute Gasteiger partial charge is 0.382 e. The first kappa shape index (κ1) is 18.8. The molecule has 0 amide bonds. The van der Waals surface area contributed by atoms with Crippen LogP contribution in [0.15, 0.2) is 36.5 Å². The third-order valence-electron chi connectivity index (χ3n) is 3.35. The molecule has 4 heteroatoms. The zero-order valence-electron chi connectivity index (χ0n) is 14.5. The number of ketones is 1. The van der Waals surface area contributed by atoms with Crippen LogP contribution >= 0.6 is 0 Å². The number of hydrogen-bond acceptors (Lipinski definition) is 4. The van der Waals surface area contributed by atoms with Crippen molar-refractivity contribution in [1.82, 2.24) is 4.98 Å². The van der Waals surface area contributed by atoms with E-state index in [2.05, 4.69) is 35.4 Å². The molecule has 0 radical (unpaired) electrons. The first-order valence-electron chi connectivity index (χ1n) is 8.20. The summed E-state index contributed by atoms with van der Waals surface area (Å²) in [5, 5.41) is 3.17. The SMILES string of the molecule is CC.CCc1cccc(-c2cnc(C(C)=O)c(NCCN)c2)c1. The Morgan fingerprint density at radius 1 is 1.22 bits per heavy atom. The van der Waals surface area contributed by atoms with Gasteiger partial charge in [0.15, 0.2) is 5.78 Å². The number of rotatable bonds is 6. The lowest BCUT2D eigenvalue weighted by atomic mass is 10.0. The maximum atomic E-state index is 11.6. The second-order valence-corrected chi connectivity index (χ2v) is 4.95. The number of carbonyl (C=O) groups excluding carboxylic acids is 1. The molecule has 4 nitrogen and oxygen atoms in total. The van der Waals surface area contributed by atoms with Gasteiger partial charge in [-0.25, -0.2) is 0 Å². The van der Waals surface area contributed by atoms with Gasteiger partial charge in [0.2, 0.25) is 0 Å². The zero-order chi connectivity index (χ0) is 17.2. The second-order valence-electron chi connectivity index (χ2n) is 4.95. The topological polar surface area (TPSA) is 68.0 Å². The molecule has 0 fully saturated rings. The molecular weight excluding hydrogens is 286 g/mol. The van der Waals surface area contributed by atoms with Crippen molar-refractivity contribution in [2.75, 3.05) is 18.4 Å². The number of nitrogens with zero attached hydrogens (tertiary/aromatic N) is 1. The third kappa shape index (κ3) is 5.18. The van der Waals surface area contributed by atoms with Crippen LogP contribution in [0.2, 0.25) is 0 Å². The average molecular weight is 313 g/mol. The molecule has 124 valence electrons. The van der Waals surface area contributed by atoms with E-state index in [1.807, 2.05) is 26.0 Å². The highest BCUT2D eigenvalue weighted by Crippen LogP contribution is 2.25. The minimum absolute atomic E-state index is 0.0524. The molecule has 0 atom stereocenters. The summed E-state index contributed by atoms with van der Waals surface area (Å²) in [5.41, 5.74) is 10.1. The van der Waals surface area contributed by atoms with Crippen molar-refractivity contribution in [2.24, 2.45) is 5.73 Å². The van der Waals surface area contributed by atoms with Crippen molar-refractivity contribution in [2.45, 2.75) is 34.1 Å². The maximum absolute atomic E-state index is 11.6. The van der Waals surface area contributed by atoms with Crippen LogP contribution in [0.25, 0.3) is 11.1 Å². The predicted octanol–water partition coefficient (Wildman–Crippen LogP) is 3.91. The zero-order valence-corrected chi connectivity index (χ0v) is 14.5. The molecule has 0 aliphatic carbocycles. The molecule has 23 heavy (non-hydrogen) atoms. The summed E-state index contributed by atoms with van der Waals surface area (Å²) in [6.45, 7) is 8.77. The molecule has 1 heterocycles. The third-order valence-corrected chi connectivity index (χ3v) is 3.35. The van der Waals surface area contributed by atoms with Gasteiger partial charge in [0.25, 0.3) is 0 Å². The van der Waals surface area contributed by atoms with E-state index < -0.39 is 0 Å². The van der Waals surface area contributed by atoms with E-state index in [1.165, 1.54) is 12.5 Å². The Morgan fingerprint density at radius 3 is 2.57 bits per heavy atom. The van der Waals surface area contributed by atoms with E-state index in [9.17, 15) is 4.79 Å². The Hall–Kier alpha value is -2.20. The van der Waals surface area contributed by atoms with Crippen molar-refractivity contribution in [3.63, 3.8) is 0 Å². The van der Waals surface area contributed by atoms with E-state index in [0.717, 1.165) is 23.2 Å². The van der Waals surface area contributed by atoms with Crippen molar-refractivity contribution < 1.29 is 4.79 Å². The number of Topliss-reactive ketones (excluding diaryl/α,β-unsaturated/α-hetero) is 1. The standard InChI is InChI=1S/C17H21N3O.C2H6/c1-3-13-5-4-6-14(9-13)15-10-16(19-8-7-18)17(12(2)21)20-11-15;1-2/h4-6,9-11,19H,3,7-8,18H2,1-2H3;1-2H3. The summed E-state index contributed by atoms with van der Waals surface area (Å²) >= 11 is 0. The van der Waals surface area contributed by atoms with Crippen LogP contribution in [0, 0.1) is 0 Å². The van der Waals surface area contributed by atoms with E-state index in [1.54, 1.807) is 6.20 Å². The number of pyridine rings is 1. The summed E-state index contributed by atoms with van der Waals surface area (Å²) in [7, 11) is 0. The Morgan fingerprint density at radius 2 is 1.96 bits per heavy atom. The number of aromatic nitrogens is 1. The van der Waals surface area contributed by atoms with Crippen LogP contribution in [0.1, 0.15) is 43.7 Å². The van der Waals surface area contributed by atoms with Gasteiger partial charge in [-0.15, -0.1) is 0 Å². The molecule has 0 unspecified atom stereocenters. The first-order valence-corrected chi connectivity index (χ1v) is 8.20. The number of hydrogen-bond donors (Lipinski definition) is 2. The molecule has 1 aromatic carbocycles. The van der Waals surface area contributed by atoms with Crippen LogP contribution in [0.4, 0.5) is 5.69 Å². The van der Waals surface area contributed by atoms with Gasteiger partial charge in [-0.3, -0.25) is 9.78 Å². The Kier molecular flexibility index (Phi) is 7.98. The van der Waals surface area contributed by atoms with E-state index in [4.69, 9.17) is 5.73 Å². The van der Waals surface area contributed by atoms with E-state index in [-0.39, 0.29) is 5.78 Å². The normalized spacial score (nSPS) is 9.78. The summed E-state index contributed by atoms with van der Waals surface area (Å²) < 4.78 is 0. The Balaban J connectivity index is 0.00000127. The molecule has 0 aliphatic heterocycles. The maximum Gasteiger partial charge on any atom is 0.180 e. The van der Waals surface area contributed by atoms with Crippen LogP contribution in [-0.2, 0) is 6.42 Å². The lowest BCUT2D eigenvalue weighted by molar-refractivity contribution is 0.101. The van der Waals surface area contributed by atoms with Crippen LogP contribution in [0.5, 0.6) is 0 Å². The molecule has 2 aromatic rings. The summed E-state index contributed by atoms with van der Waals surface area (Å²) in [6, 6.07) is 10.3. The minimum Gasteiger partial charge on any atom is -0.382 e. The number of nitrogens with two attached hydrogens (primary N) is 1. The van der Waals surface area contributed by atoms with Crippen LogP contribution < -0.4 is 11.1 Å². The number of aryl methyl sites for hydroxylation is 1.